The molecule has 1 N–H and O–H groups in total. The Bertz CT molecular complexity index is 338. The van der Waals surface area contributed by atoms with E-state index in [-0.39, 0.29) is 11.8 Å². The van der Waals surface area contributed by atoms with Crippen molar-refractivity contribution >= 4 is 5.97 Å². The Kier molecular flexibility index (Phi) is 4.09. The molecule has 0 aliphatic rings. The largest absolute Gasteiger partial charge is 0.491 e. The van der Waals surface area contributed by atoms with Gasteiger partial charge in [-0.2, -0.15) is 0 Å². The predicted molar refractivity (Wildman–Crippen MR) is 56.2 cm³/mol. The van der Waals surface area contributed by atoms with E-state index in [0.717, 1.165) is 12.8 Å². The van der Waals surface area contributed by atoms with Crippen LogP contribution < -0.4 is 4.74 Å². The van der Waals surface area contributed by atoms with E-state index in [1.165, 1.54) is 12.3 Å². The first-order chi connectivity index (χ1) is 7.13. The average molecular weight is 209 g/mol. The Morgan fingerprint density at radius 1 is 1.67 bits per heavy atom. The molecular formula is C11H15NO3. The van der Waals surface area contributed by atoms with Crippen LogP contribution in [0, 0.1) is 0 Å². The number of pyridine rings is 1. The van der Waals surface area contributed by atoms with E-state index in [4.69, 9.17) is 9.84 Å². The lowest BCUT2D eigenvalue weighted by Gasteiger charge is -2.13. The summed E-state index contributed by atoms with van der Waals surface area (Å²) >= 11 is 0. The van der Waals surface area contributed by atoms with Gasteiger partial charge in [-0.05, 0) is 19.4 Å². The minimum absolute atomic E-state index is 0.0104. The van der Waals surface area contributed by atoms with E-state index in [2.05, 4.69) is 11.9 Å². The number of carboxylic acids is 1. The molecule has 0 fully saturated rings. The van der Waals surface area contributed by atoms with Gasteiger partial charge in [0.15, 0.2) is 5.69 Å². The van der Waals surface area contributed by atoms with Gasteiger partial charge >= 0.3 is 5.97 Å². The molecule has 1 rings (SSSR count). The Morgan fingerprint density at radius 2 is 2.40 bits per heavy atom. The average Bonchev–Trinajstić information content (AvgIpc) is 2.18. The highest BCUT2D eigenvalue weighted by Crippen LogP contribution is 2.14. The molecule has 1 heterocycles. The van der Waals surface area contributed by atoms with Gasteiger partial charge < -0.3 is 9.84 Å². The third-order valence-electron chi connectivity index (χ3n) is 1.98. The minimum atomic E-state index is -1.04. The van der Waals surface area contributed by atoms with Crippen molar-refractivity contribution in [3.05, 3.63) is 24.0 Å². The highest BCUT2D eigenvalue weighted by Gasteiger charge is 2.07. The maximum atomic E-state index is 10.6. The molecule has 1 atom stereocenters. The predicted octanol–water partition coefficient (Wildman–Crippen LogP) is 2.35. The standard InChI is InChI=1S/C11H15NO3/c1-3-4-8(2)15-9-5-6-12-10(7-9)11(13)14/h5-8H,3-4H2,1-2H3,(H,13,14). The summed E-state index contributed by atoms with van der Waals surface area (Å²) in [4.78, 5) is 14.4. The van der Waals surface area contributed by atoms with Crippen LogP contribution in [-0.4, -0.2) is 22.2 Å². The van der Waals surface area contributed by atoms with Crippen LogP contribution in [0.5, 0.6) is 5.75 Å². The third kappa shape index (κ3) is 3.58. The summed E-state index contributed by atoms with van der Waals surface area (Å²) in [5.74, 6) is -0.480. The SMILES string of the molecule is CCCC(C)Oc1ccnc(C(=O)O)c1. The smallest absolute Gasteiger partial charge is 0.354 e. The van der Waals surface area contributed by atoms with Crippen molar-refractivity contribution in [1.29, 1.82) is 0 Å². The fourth-order valence-corrected chi connectivity index (χ4v) is 1.30. The highest BCUT2D eigenvalue weighted by atomic mass is 16.5. The molecule has 0 aliphatic carbocycles. The summed E-state index contributed by atoms with van der Waals surface area (Å²) in [7, 11) is 0. The summed E-state index contributed by atoms with van der Waals surface area (Å²) in [5.41, 5.74) is 0.0104. The third-order valence-corrected chi connectivity index (χ3v) is 1.98. The number of carboxylic acid groups (broad SMARTS) is 1. The van der Waals surface area contributed by atoms with E-state index in [9.17, 15) is 4.79 Å². The molecule has 82 valence electrons. The molecule has 1 aromatic heterocycles. The molecule has 1 aromatic rings. The van der Waals surface area contributed by atoms with Crippen molar-refractivity contribution in [1.82, 2.24) is 4.98 Å². The van der Waals surface area contributed by atoms with Crippen molar-refractivity contribution in [2.75, 3.05) is 0 Å². The highest BCUT2D eigenvalue weighted by molar-refractivity contribution is 5.85. The first kappa shape index (κ1) is 11.5. The van der Waals surface area contributed by atoms with Gasteiger partial charge in [-0.25, -0.2) is 9.78 Å². The molecule has 4 nitrogen and oxygen atoms in total. The van der Waals surface area contributed by atoms with Crippen molar-refractivity contribution in [3.63, 3.8) is 0 Å². The summed E-state index contributed by atoms with van der Waals surface area (Å²) in [6.45, 7) is 4.04. The second-order valence-corrected chi connectivity index (χ2v) is 3.40. The lowest BCUT2D eigenvalue weighted by atomic mass is 10.2. The number of nitrogens with zero attached hydrogens (tertiary/aromatic N) is 1. The summed E-state index contributed by atoms with van der Waals surface area (Å²) in [6, 6.07) is 3.10. The van der Waals surface area contributed by atoms with Gasteiger partial charge in [0.25, 0.3) is 0 Å². The number of carbonyl (C=O) groups is 1. The second kappa shape index (κ2) is 5.34. The number of rotatable bonds is 5. The van der Waals surface area contributed by atoms with Gasteiger partial charge in [0.05, 0.1) is 6.10 Å². The molecule has 0 spiro atoms. The van der Waals surface area contributed by atoms with Gasteiger partial charge in [0, 0.05) is 12.3 Å². The van der Waals surface area contributed by atoms with Crippen molar-refractivity contribution in [2.24, 2.45) is 0 Å². The van der Waals surface area contributed by atoms with Crippen LogP contribution in [0.1, 0.15) is 37.2 Å². The van der Waals surface area contributed by atoms with Crippen LogP contribution in [-0.2, 0) is 0 Å². The van der Waals surface area contributed by atoms with Crippen LogP contribution in [0.25, 0.3) is 0 Å². The lowest BCUT2D eigenvalue weighted by Crippen LogP contribution is -2.11. The molecule has 0 radical (unpaired) electrons. The molecule has 15 heavy (non-hydrogen) atoms. The maximum Gasteiger partial charge on any atom is 0.354 e. The fraction of sp³-hybridized carbons (Fsp3) is 0.455. The van der Waals surface area contributed by atoms with Gasteiger partial charge in [-0.15, -0.1) is 0 Å². The van der Waals surface area contributed by atoms with Gasteiger partial charge in [-0.3, -0.25) is 0 Å². The fourth-order valence-electron chi connectivity index (χ4n) is 1.30. The van der Waals surface area contributed by atoms with Crippen LogP contribution in [0.3, 0.4) is 0 Å². The Labute approximate surface area is 88.9 Å². The maximum absolute atomic E-state index is 10.6. The zero-order valence-electron chi connectivity index (χ0n) is 8.93. The normalized spacial score (nSPS) is 12.1. The van der Waals surface area contributed by atoms with Crippen molar-refractivity contribution in [3.8, 4) is 5.75 Å². The Balaban J connectivity index is 2.69. The molecular weight excluding hydrogens is 194 g/mol. The number of aromatic carboxylic acids is 1. The van der Waals surface area contributed by atoms with Crippen LogP contribution in [0.2, 0.25) is 0 Å². The summed E-state index contributed by atoms with van der Waals surface area (Å²) < 4.78 is 5.54. The summed E-state index contributed by atoms with van der Waals surface area (Å²) in [6.07, 6.45) is 3.53. The van der Waals surface area contributed by atoms with Gasteiger partial charge in [0.1, 0.15) is 5.75 Å². The van der Waals surface area contributed by atoms with Crippen LogP contribution in [0.15, 0.2) is 18.3 Å². The van der Waals surface area contributed by atoms with Crippen molar-refractivity contribution < 1.29 is 14.6 Å². The number of aromatic nitrogens is 1. The first-order valence-corrected chi connectivity index (χ1v) is 4.99. The minimum Gasteiger partial charge on any atom is -0.491 e. The topological polar surface area (TPSA) is 59.4 Å². The molecule has 0 saturated heterocycles. The van der Waals surface area contributed by atoms with E-state index < -0.39 is 5.97 Å². The first-order valence-electron chi connectivity index (χ1n) is 4.99. The second-order valence-electron chi connectivity index (χ2n) is 3.40. The molecule has 1 unspecified atom stereocenters. The Morgan fingerprint density at radius 3 is 3.00 bits per heavy atom. The molecule has 0 amide bonds. The van der Waals surface area contributed by atoms with Crippen LogP contribution >= 0.6 is 0 Å². The lowest BCUT2D eigenvalue weighted by molar-refractivity contribution is 0.0689. The molecule has 0 aliphatic heterocycles. The number of hydrogen-bond donors (Lipinski definition) is 1. The molecule has 0 bridgehead atoms. The van der Waals surface area contributed by atoms with Crippen molar-refractivity contribution in [2.45, 2.75) is 32.8 Å². The van der Waals surface area contributed by atoms with Crippen LogP contribution in [0.4, 0.5) is 0 Å². The molecule has 0 aromatic carbocycles. The van der Waals surface area contributed by atoms with Gasteiger partial charge in [0.2, 0.25) is 0 Å². The Hall–Kier alpha value is -1.58. The quantitative estimate of drug-likeness (QED) is 0.808. The van der Waals surface area contributed by atoms with E-state index in [1.807, 2.05) is 6.92 Å². The number of hydrogen-bond acceptors (Lipinski definition) is 3. The monoisotopic (exact) mass is 209 g/mol. The number of ether oxygens (including phenoxy) is 1. The van der Waals surface area contributed by atoms with E-state index >= 15 is 0 Å². The van der Waals surface area contributed by atoms with Gasteiger partial charge in [-0.1, -0.05) is 13.3 Å². The van der Waals surface area contributed by atoms with E-state index in [1.54, 1.807) is 6.07 Å². The summed E-state index contributed by atoms with van der Waals surface area (Å²) in [5, 5.41) is 8.73. The molecule has 4 heteroatoms. The zero-order chi connectivity index (χ0) is 11.3. The van der Waals surface area contributed by atoms with E-state index in [0.29, 0.717) is 5.75 Å². The molecule has 0 saturated carbocycles. The zero-order valence-corrected chi connectivity index (χ0v) is 8.93.